The molecule has 2 aromatic heterocycles. The van der Waals surface area contributed by atoms with Crippen LogP contribution in [0.4, 0.5) is 0 Å². The standard InChI is InChI=1S/C12H7Cl3N4/c1-6-2-3-7(13)4-9(6)19-11-8(5-16-19)10(14)17-12(15)18-11/h2-5H,1H3. The molecule has 3 aromatic rings. The topological polar surface area (TPSA) is 43.6 Å². The fourth-order valence-corrected chi connectivity index (χ4v) is 2.42. The third-order valence-electron chi connectivity index (χ3n) is 2.75. The van der Waals surface area contributed by atoms with E-state index in [1.54, 1.807) is 10.9 Å². The van der Waals surface area contributed by atoms with E-state index in [1.807, 2.05) is 25.1 Å². The van der Waals surface area contributed by atoms with Gasteiger partial charge in [0, 0.05) is 5.02 Å². The largest absolute Gasteiger partial charge is 0.225 e. The number of hydrogen-bond donors (Lipinski definition) is 0. The summed E-state index contributed by atoms with van der Waals surface area (Å²) in [5, 5.41) is 5.91. The van der Waals surface area contributed by atoms with Crippen LogP contribution in [0.3, 0.4) is 0 Å². The normalized spacial score (nSPS) is 11.2. The second-order valence-electron chi connectivity index (χ2n) is 4.01. The van der Waals surface area contributed by atoms with Gasteiger partial charge in [-0.05, 0) is 36.2 Å². The summed E-state index contributed by atoms with van der Waals surface area (Å²) in [4.78, 5) is 8.06. The van der Waals surface area contributed by atoms with Crippen molar-refractivity contribution in [2.45, 2.75) is 6.92 Å². The third-order valence-corrected chi connectivity index (χ3v) is 3.45. The Labute approximate surface area is 123 Å². The lowest BCUT2D eigenvalue weighted by Crippen LogP contribution is -2.00. The van der Waals surface area contributed by atoms with Gasteiger partial charge in [0.1, 0.15) is 5.15 Å². The molecule has 4 nitrogen and oxygen atoms in total. The number of benzene rings is 1. The molecule has 0 fully saturated rings. The van der Waals surface area contributed by atoms with Gasteiger partial charge in [0.25, 0.3) is 0 Å². The van der Waals surface area contributed by atoms with Crippen LogP contribution in [0.15, 0.2) is 24.4 Å². The molecule has 0 aliphatic carbocycles. The Balaban J connectivity index is 2.34. The smallest absolute Gasteiger partial charge is 0.214 e. The lowest BCUT2D eigenvalue weighted by molar-refractivity contribution is 0.887. The summed E-state index contributed by atoms with van der Waals surface area (Å²) in [6.07, 6.45) is 1.61. The second kappa shape index (κ2) is 4.63. The van der Waals surface area contributed by atoms with Crippen molar-refractivity contribution in [2.24, 2.45) is 0 Å². The highest BCUT2D eigenvalue weighted by Crippen LogP contribution is 2.26. The van der Waals surface area contributed by atoms with E-state index in [0.717, 1.165) is 11.3 Å². The second-order valence-corrected chi connectivity index (χ2v) is 5.14. The van der Waals surface area contributed by atoms with Gasteiger partial charge in [0.2, 0.25) is 5.28 Å². The van der Waals surface area contributed by atoms with Crippen molar-refractivity contribution in [3.8, 4) is 5.69 Å². The number of aryl methyl sites for hydroxylation is 1. The molecule has 7 heteroatoms. The van der Waals surface area contributed by atoms with E-state index >= 15 is 0 Å². The molecule has 0 saturated carbocycles. The van der Waals surface area contributed by atoms with Gasteiger partial charge in [-0.3, -0.25) is 0 Å². The van der Waals surface area contributed by atoms with Crippen LogP contribution in [0.1, 0.15) is 5.56 Å². The van der Waals surface area contributed by atoms with Crippen molar-refractivity contribution in [2.75, 3.05) is 0 Å². The monoisotopic (exact) mass is 312 g/mol. The van der Waals surface area contributed by atoms with Crippen LogP contribution < -0.4 is 0 Å². The average molecular weight is 314 g/mol. The van der Waals surface area contributed by atoms with Crippen molar-refractivity contribution < 1.29 is 0 Å². The maximum Gasteiger partial charge on any atom is 0.225 e. The molecule has 0 atom stereocenters. The van der Waals surface area contributed by atoms with E-state index in [1.165, 1.54) is 0 Å². The van der Waals surface area contributed by atoms with Gasteiger partial charge in [-0.2, -0.15) is 10.1 Å². The van der Waals surface area contributed by atoms with Crippen LogP contribution >= 0.6 is 34.8 Å². The predicted molar refractivity (Wildman–Crippen MR) is 76.4 cm³/mol. The Morgan fingerprint density at radius 3 is 2.68 bits per heavy atom. The van der Waals surface area contributed by atoms with Gasteiger partial charge in [-0.25, -0.2) is 9.67 Å². The van der Waals surface area contributed by atoms with E-state index in [2.05, 4.69) is 15.1 Å². The summed E-state index contributed by atoms with van der Waals surface area (Å²) < 4.78 is 1.65. The number of halogens is 3. The highest BCUT2D eigenvalue weighted by atomic mass is 35.5. The van der Waals surface area contributed by atoms with Crippen molar-refractivity contribution in [1.29, 1.82) is 0 Å². The van der Waals surface area contributed by atoms with E-state index in [9.17, 15) is 0 Å². The van der Waals surface area contributed by atoms with Crippen LogP contribution in [0.5, 0.6) is 0 Å². The van der Waals surface area contributed by atoms with Gasteiger partial charge in [-0.1, -0.05) is 29.3 Å². The molecular weight excluding hydrogens is 307 g/mol. The molecule has 0 aliphatic heterocycles. The van der Waals surface area contributed by atoms with E-state index in [0.29, 0.717) is 16.1 Å². The molecule has 0 saturated heterocycles. The number of fused-ring (bicyclic) bond motifs is 1. The van der Waals surface area contributed by atoms with Gasteiger partial charge in [0.15, 0.2) is 5.65 Å². The average Bonchev–Trinajstić information content (AvgIpc) is 2.76. The zero-order valence-electron chi connectivity index (χ0n) is 9.73. The minimum atomic E-state index is 0.0823. The van der Waals surface area contributed by atoms with Crippen molar-refractivity contribution in [3.63, 3.8) is 0 Å². The first-order valence-corrected chi connectivity index (χ1v) is 6.53. The van der Waals surface area contributed by atoms with E-state index in [4.69, 9.17) is 34.8 Å². The molecule has 19 heavy (non-hydrogen) atoms. The highest BCUT2D eigenvalue weighted by molar-refractivity contribution is 6.35. The van der Waals surface area contributed by atoms with Gasteiger partial charge >= 0.3 is 0 Å². The lowest BCUT2D eigenvalue weighted by atomic mass is 10.2. The van der Waals surface area contributed by atoms with Crippen LogP contribution in [0.2, 0.25) is 15.5 Å². The fraction of sp³-hybridized carbons (Fsp3) is 0.0833. The minimum absolute atomic E-state index is 0.0823. The summed E-state index contributed by atoms with van der Waals surface area (Å²) in [6.45, 7) is 1.96. The molecule has 1 aromatic carbocycles. The number of rotatable bonds is 1. The molecule has 0 radical (unpaired) electrons. The first-order chi connectivity index (χ1) is 9.06. The molecule has 0 N–H and O–H groups in total. The summed E-state index contributed by atoms with van der Waals surface area (Å²) in [5.74, 6) is 0. The quantitative estimate of drug-likeness (QED) is 0.502. The summed E-state index contributed by atoms with van der Waals surface area (Å²) in [5.41, 5.74) is 2.39. The number of aromatic nitrogens is 4. The summed E-state index contributed by atoms with van der Waals surface area (Å²) in [6, 6.07) is 5.55. The van der Waals surface area contributed by atoms with Gasteiger partial charge < -0.3 is 0 Å². The molecule has 96 valence electrons. The van der Waals surface area contributed by atoms with Crippen LogP contribution in [0.25, 0.3) is 16.7 Å². The fourth-order valence-electron chi connectivity index (χ4n) is 1.84. The Morgan fingerprint density at radius 2 is 1.89 bits per heavy atom. The maximum absolute atomic E-state index is 6.02. The highest BCUT2D eigenvalue weighted by Gasteiger charge is 2.13. The van der Waals surface area contributed by atoms with Crippen molar-refractivity contribution >= 4 is 45.8 Å². The first kappa shape index (κ1) is 12.7. The minimum Gasteiger partial charge on any atom is -0.214 e. The SMILES string of the molecule is Cc1ccc(Cl)cc1-n1ncc2c(Cl)nc(Cl)nc21. The number of nitrogens with zero attached hydrogens (tertiary/aromatic N) is 4. The Bertz CT molecular complexity index is 782. The molecule has 3 rings (SSSR count). The molecular formula is C12H7Cl3N4. The third kappa shape index (κ3) is 2.16. The van der Waals surface area contributed by atoms with Crippen LogP contribution in [0, 0.1) is 6.92 Å². The Hall–Kier alpha value is -1.36. The zero-order valence-corrected chi connectivity index (χ0v) is 12.0. The van der Waals surface area contributed by atoms with E-state index < -0.39 is 0 Å². The summed E-state index contributed by atoms with van der Waals surface area (Å²) >= 11 is 17.9. The van der Waals surface area contributed by atoms with Crippen molar-refractivity contribution in [3.05, 3.63) is 45.4 Å². The summed E-state index contributed by atoms with van der Waals surface area (Å²) in [7, 11) is 0. The molecule has 0 amide bonds. The number of hydrogen-bond acceptors (Lipinski definition) is 3. The molecule has 0 spiro atoms. The van der Waals surface area contributed by atoms with Crippen molar-refractivity contribution in [1.82, 2.24) is 19.7 Å². The first-order valence-electron chi connectivity index (χ1n) is 5.39. The van der Waals surface area contributed by atoms with Crippen LogP contribution in [-0.4, -0.2) is 19.7 Å². The molecule has 0 aliphatic rings. The van der Waals surface area contributed by atoms with Crippen LogP contribution in [-0.2, 0) is 0 Å². The molecule has 0 unspecified atom stereocenters. The molecule has 0 bridgehead atoms. The van der Waals surface area contributed by atoms with Gasteiger partial charge in [0.05, 0.1) is 17.3 Å². The maximum atomic E-state index is 6.02. The lowest BCUT2D eigenvalue weighted by Gasteiger charge is -2.07. The Morgan fingerprint density at radius 1 is 1.11 bits per heavy atom. The predicted octanol–water partition coefficient (Wildman–Crippen LogP) is 4.08. The van der Waals surface area contributed by atoms with Gasteiger partial charge in [-0.15, -0.1) is 0 Å². The Kier molecular flexibility index (Phi) is 3.09. The molecule has 2 heterocycles. The zero-order chi connectivity index (χ0) is 13.6. The van der Waals surface area contributed by atoms with E-state index in [-0.39, 0.29) is 10.4 Å².